The second kappa shape index (κ2) is 9.80. The highest BCUT2D eigenvalue weighted by molar-refractivity contribution is 6.04. The van der Waals surface area contributed by atoms with Crippen molar-refractivity contribution in [2.24, 2.45) is 0 Å². The van der Waals surface area contributed by atoms with Gasteiger partial charge in [0.1, 0.15) is 0 Å². The third-order valence-corrected chi connectivity index (χ3v) is 6.98. The number of urea groups is 1. The smallest absolute Gasteiger partial charge is 0.329 e. The van der Waals surface area contributed by atoms with Crippen molar-refractivity contribution in [3.63, 3.8) is 0 Å². The van der Waals surface area contributed by atoms with Crippen LogP contribution >= 0.6 is 0 Å². The van der Waals surface area contributed by atoms with Gasteiger partial charge in [-0.15, -0.1) is 0 Å². The van der Waals surface area contributed by atoms with Crippen LogP contribution in [0, 0.1) is 6.92 Å². The molecular weight excluding hydrogens is 486 g/mol. The summed E-state index contributed by atoms with van der Waals surface area (Å²) in [6, 6.07) is 7.69. The molecule has 11 heteroatoms. The third kappa shape index (κ3) is 4.99. The molecule has 2 fully saturated rings. The van der Waals surface area contributed by atoms with Crippen LogP contribution in [0.25, 0.3) is 11.3 Å². The van der Waals surface area contributed by atoms with Gasteiger partial charge in [-0.25, -0.2) is 9.78 Å². The van der Waals surface area contributed by atoms with E-state index >= 15 is 0 Å². The molecule has 3 aromatic heterocycles. The molecule has 2 amide bonds. The van der Waals surface area contributed by atoms with Crippen molar-refractivity contribution in [3.05, 3.63) is 48.5 Å². The molecule has 1 unspecified atom stereocenters. The van der Waals surface area contributed by atoms with Crippen LogP contribution < -0.4 is 19.9 Å². The number of fused-ring (bicyclic) bond motifs is 4. The predicted octanol–water partition coefficient (Wildman–Crippen LogP) is 3.79. The number of amides is 2. The van der Waals surface area contributed by atoms with Crippen LogP contribution in [0.3, 0.4) is 0 Å². The molecule has 1 N–H and O–H groups in total. The van der Waals surface area contributed by atoms with Gasteiger partial charge in [-0.3, -0.25) is 20.2 Å². The van der Waals surface area contributed by atoms with Crippen molar-refractivity contribution in [3.8, 4) is 17.1 Å². The van der Waals surface area contributed by atoms with Crippen molar-refractivity contribution >= 4 is 23.4 Å². The number of ether oxygens (including phenoxy) is 3. The Morgan fingerprint density at radius 2 is 2.08 bits per heavy atom. The second-order valence-electron chi connectivity index (χ2n) is 10.2. The number of hydrogen-bond donors (Lipinski definition) is 1. The maximum Gasteiger partial charge on any atom is 0.329 e. The Balaban J connectivity index is 1.17. The fraction of sp³-hybridized carbons (Fsp3) is 0.444. The van der Waals surface area contributed by atoms with Crippen LogP contribution in [0.5, 0.6) is 5.88 Å². The van der Waals surface area contributed by atoms with Gasteiger partial charge in [0.05, 0.1) is 49.1 Å². The average Bonchev–Trinajstić information content (AvgIpc) is 3.47. The van der Waals surface area contributed by atoms with Crippen LogP contribution in [0.2, 0.25) is 0 Å². The first-order valence-corrected chi connectivity index (χ1v) is 12.9. The first-order valence-electron chi connectivity index (χ1n) is 12.9. The van der Waals surface area contributed by atoms with Gasteiger partial charge in [-0.1, -0.05) is 0 Å². The van der Waals surface area contributed by atoms with Crippen LogP contribution in [-0.2, 0) is 9.47 Å². The Kier molecular flexibility index (Phi) is 6.32. The van der Waals surface area contributed by atoms with Crippen LogP contribution in [-0.4, -0.2) is 70.2 Å². The molecule has 0 aromatic carbocycles. The Labute approximate surface area is 221 Å². The number of nitrogens with zero attached hydrogens (tertiary/aromatic N) is 6. The number of nitrogens with one attached hydrogen (secondary N) is 1. The summed E-state index contributed by atoms with van der Waals surface area (Å²) in [6.45, 7) is 8.32. The molecule has 0 aliphatic carbocycles. The zero-order valence-corrected chi connectivity index (χ0v) is 21.8. The van der Waals surface area contributed by atoms with E-state index in [0.29, 0.717) is 37.2 Å². The molecule has 2 atom stereocenters. The van der Waals surface area contributed by atoms with E-state index in [0.717, 1.165) is 42.1 Å². The van der Waals surface area contributed by atoms with E-state index in [9.17, 15) is 4.79 Å². The highest BCUT2D eigenvalue weighted by Crippen LogP contribution is 2.40. The van der Waals surface area contributed by atoms with E-state index < -0.39 is 5.79 Å². The third-order valence-electron chi connectivity index (χ3n) is 6.98. The van der Waals surface area contributed by atoms with Crippen molar-refractivity contribution in [1.29, 1.82) is 0 Å². The number of carbonyl (C=O) groups is 1. The summed E-state index contributed by atoms with van der Waals surface area (Å²) in [6.07, 6.45) is 6.34. The minimum atomic E-state index is -0.565. The topological polar surface area (TPSA) is 115 Å². The minimum absolute atomic E-state index is 0.0201. The lowest BCUT2D eigenvalue weighted by atomic mass is 10.1. The Bertz CT molecular complexity index is 1330. The Morgan fingerprint density at radius 1 is 1.18 bits per heavy atom. The number of aryl methyl sites for hydroxylation is 1. The fourth-order valence-corrected chi connectivity index (χ4v) is 5.10. The monoisotopic (exact) mass is 517 g/mol. The van der Waals surface area contributed by atoms with Crippen LogP contribution in [0.15, 0.2) is 42.9 Å². The molecule has 3 aliphatic heterocycles. The maximum atomic E-state index is 13.6. The van der Waals surface area contributed by atoms with Gasteiger partial charge >= 0.3 is 6.03 Å². The molecular formula is C27H31N7O4. The van der Waals surface area contributed by atoms with Gasteiger partial charge in [0.25, 0.3) is 0 Å². The summed E-state index contributed by atoms with van der Waals surface area (Å²) in [5.74, 6) is 0.718. The van der Waals surface area contributed by atoms with E-state index in [4.69, 9.17) is 19.2 Å². The second-order valence-corrected chi connectivity index (χ2v) is 10.2. The summed E-state index contributed by atoms with van der Waals surface area (Å²) in [4.78, 5) is 35.5. The number of hydrogen-bond acceptors (Lipinski definition) is 9. The standard InChI is InChI=1S/C27H31N7O4/c1-17-4-5-18(12-29-17)21-6-7-22-25(30-21)34(19-8-10-33(22)15-19)26(35)32-23-13-28-14-24(31-23)36-11-9-20-16-37-27(2,3)38-20/h4-7,12-14,19-20H,8-11,15-16H2,1-3H3,(H,31,32,35)/t19?,20-/m1/s1. The van der Waals surface area contributed by atoms with Gasteiger partial charge in [-0.2, -0.15) is 4.98 Å². The summed E-state index contributed by atoms with van der Waals surface area (Å²) in [5.41, 5.74) is 3.56. The van der Waals surface area contributed by atoms with Gasteiger partial charge in [-0.05, 0) is 51.5 Å². The normalized spacial score (nSPS) is 21.3. The fourth-order valence-electron chi connectivity index (χ4n) is 5.10. The Morgan fingerprint density at radius 3 is 2.87 bits per heavy atom. The van der Waals surface area contributed by atoms with E-state index in [1.54, 1.807) is 11.1 Å². The molecule has 38 heavy (non-hydrogen) atoms. The lowest BCUT2D eigenvalue weighted by molar-refractivity contribution is -0.139. The summed E-state index contributed by atoms with van der Waals surface area (Å²) in [5, 5.41) is 2.90. The lowest BCUT2D eigenvalue weighted by Gasteiger charge is -2.35. The largest absolute Gasteiger partial charge is 0.476 e. The quantitative estimate of drug-likeness (QED) is 0.521. The van der Waals surface area contributed by atoms with Gasteiger partial charge in [0.15, 0.2) is 17.4 Å². The van der Waals surface area contributed by atoms with E-state index in [2.05, 4.69) is 25.2 Å². The van der Waals surface area contributed by atoms with Gasteiger partial charge < -0.3 is 19.1 Å². The molecule has 0 spiro atoms. The van der Waals surface area contributed by atoms with Gasteiger partial charge in [0.2, 0.25) is 5.88 Å². The SMILES string of the molecule is Cc1ccc(-c2ccc3c(n2)N(C(=O)Nc2cncc(OCC[C@@H]4COC(C)(C)O4)n2)C2CCN3C2)cn1. The molecule has 0 radical (unpaired) electrons. The number of pyridine rings is 2. The molecule has 198 valence electrons. The maximum absolute atomic E-state index is 13.6. The van der Waals surface area contributed by atoms with E-state index in [1.807, 2.05) is 45.0 Å². The van der Waals surface area contributed by atoms with Crippen LogP contribution in [0.1, 0.15) is 32.4 Å². The molecule has 3 aromatic rings. The van der Waals surface area contributed by atoms with E-state index in [-0.39, 0.29) is 18.2 Å². The molecule has 3 aliphatic rings. The number of carbonyl (C=O) groups excluding carboxylic acids is 1. The van der Waals surface area contributed by atoms with Crippen molar-refractivity contribution < 1.29 is 19.0 Å². The highest BCUT2D eigenvalue weighted by Gasteiger charge is 2.40. The van der Waals surface area contributed by atoms with Crippen molar-refractivity contribution in [2.45, 2.75) is 51.5 Å². The molecule has 6 heterocycles. The molecule has 6 rings (SSSR count). The molecule has 0 saturated carbocycles. The molecule has 2 bridgehead atoms. The Hall–Kier alpha value is -3.83. The highest BCUT2D eigenvalue weighted by atomic mass is 16.7. The predicted molar refractivity (Wildman–Crippen MR) is 141 cm³/mol. The first kappa shape index (κ1) is 24.5. The average molecular weight is 518 g/mol. The summed E-state index contributed by atoms with van der Waals surface area (Å²) < 4.78 is 17.2. The van der Waals surface area contributed by atoms with Gasteiger partial charge in [0, 0.05) is 37.0 Å². The van der Waals surface area contributed by atoms with E-state index in [1.165, 1.54) is 12.4 Å². The first-order chi connectivity index (χ1) is 18.3. The number of aromatic nitrogens is 4. The van der Waals surface area contributed by atoms with Crippen molar-refractivity contribution in [1.82, 2.24) is 19.9 Å². The van der Waals surface area contributed by atoms with Crippen molar-refractivity contribution in [2.75, 3.05) is 41.4 Å². The zero-order valence-electron chi connectivity index (χ0n) is 21.8. The zero-order chi connectivity index (χ0) is 26.3. The summed E-state index contributed by atoms with van der Waals surface area (Å²) >= 11 is 0. The molecule has 2 saturated heterocycles. The number of rotatable bonds is 6. The molecule has 11 nitrogen and oxygen atoms in total. The number of anilines is 3. The summed E-state index contributed by atoms with van der Waals surface area (Å²) in [7, 11) is 0. The van der Waals surface area contributed by atoms with Crippen LogP contribution in [0.4, 0.5) is 22.1 Å². The minimum Gasteiger partial charge on any atom is -0.476 e. The lowest BCUT2D eigenvalue weighted by Crippen LogP contribution is -2.48.